The third-order valence-corrected chi connectivity index (χ3v) is 3.42. The van der Waals surface area contributed by atoms with Crippen molar-refractivity contribution in [2.45, 2.75) is 20.8 Å². The molecule has 0 heterocycles. The maximum atomic E-state index is 13.9. The van der Waals surface area contributed by atoms with Gasteiger partial charge in [-0.25, -0.2) is 4.39 Å². The van der Waals surface area contributed by atoms with E-state index < -0.39 is 5.82 Å². The molecule has 104 valence electrons. The number of anilines is 2. The van der Waals surface area contributed by atoms with Gasteiger partial charge in [-0.3, -0.25) is 4.79 Å². The van der Waals surface area contributed by atoms with Crippen LogP contribution in [0.2, 0.25) is 0 Å². The first-order valence-corrected chi connectivity index (χ1v) is 6.52. The number of hydrogen-bond donors (Lipinski definition) is 0. The Morgan fingerprint density at radius 1 is 1.10 bits per heavy atom. The number of Topliss-reactive ketones (excluding diaryl/α,β-unsaturated/α-hetero) is 1. The van der Waals surface area contributed by atoms with Crippen molar-refractivity contribution >= 4 is 17.2 Å². The molecule has 0 N–H and O–H groups in total. The fraction of sp³-hybridized carbons (Fsp3) is 0.235. The number of carbonyl (C=O) groups excluding carboxylic acids is 1. The summed E-state index contributed by atoms with van der Waals surface area (Å²) in [6.07, 6.45) is 0. The zero-order valence-electron chi connectivity index (χ0n) is 12.2. The van der Waals surface area contributed by atoms with Gasteiger partial charge >= 0.3 is 0 Å². The van der Waals surface area contributed by atoms with Crippen molar-refractivity contribution in [1.29, 1.82) is 0 Å². The molecule has 2 aromatic rings. The molecule has 0 aliphatic heterocycles. The zero-order valence-corrected chi connectivity index (χ0v) is 12.2. The molecule has 0 aliphatic carbocycles. The largest absolute Gasteiger partial charge is 0.344 e. The van der Waals surface area contributed by atoms with Crippen LogP contribution in [-0.2, 0) is 0 Å². The smallest absolute Gasteiger partial charge is 0.164 e. The van der Waals surface area contributed by atoms with Crippen molar-refractivity contribution in [3.8, 4) is 0 Å². The van der Waals surface area contributed by atoms with Gasteiger partial charge in [-0.15, -0.1) is 0 Å². The van der Waals surface area contributed by atoms with Crippen LogP contribution in [0.25, 0.3) is 0 Å². The Labute approximate surface area is 118 Å². The molecular formula is C17H18FNO. The van der Waals surface area contributed by atoms with Crippen LogP contribution < -0.4 is 4.90 Å². The summed E-state index contributed by atoms with van der Waals surface area (Å²) < 4.78 is 13.9. The summed E-state index contributed by atoms with van der Waals surface area (Å²) in [5, 5.41) is 0. The van der Waals surface area contributed by atoms with Crippen molar-refractivity contribution in [2.75, 3.05) is 11.9 Å². The molecule has 0 unspecified atom stereocenters. The van der Waals surface area contributed by atoms with Gasteiger partial charge in [-0.2, -0.15) is 0 Å². The number of nitrogens with zero attached hydrogens (tertiary/aromatic N) is 1. The summed E-state index contributed by atoms with van der Waals surface area (Å²) in [5.74, 6) is -0.749. The van der Waals surface area contributed by atoms with Crippen LogP contribution in [0, 0.1) is 19.7 Å². The second kappa shape index (κ2) is 5.45. The minimum atomic E-state index is -0.480. The van der Waals surface area contributed by atoms with E-state index >= 15 is 0 Å². The number of hydrogen-bond acceptors (Lipinski definition) is 2. The monoisotopic (exact) mass is 271 g/mol. The number of rotatable bonds is 3. The average molecular weight is 271 g/mol. The predicted molar refractivity (Wildman–Crippen MR) is 80.4 cm³/mol. The summed E-state index contributed by atoms with van der Waals surface area (Å²) in [6.45, 7) is 5.42. The van der Waals surface area contributed by atoms with Gasteiger partial charge in [0.05, 0.1) is 11.3 Å². The number of aryl methyl sites for hydroxylation is 2. The van der Waals surface area contributed by atoms with E-state index in [0.717, 1.165) is 11.3 Å². The first-order chi connectivity index (χ1) is 9.41. The summed E-state index contributed by atoms with van der Waals surface area (Å²) in [7, 11) is 1.85. The SMILES string of the molecule is CC(=O)c1c(F)cccc1N(C)c1ccc(C)cc1C. The van der Waals surface area contributed by atoms with Crippen molar-refractivity contribution in [2.24, 2.45) is 0 Å². The minimum Gasteiger partial charge on any atom is -0.344 e. The first-order valence-electron chi connectivity index (χ1n) is 6.52. The lowest BCUT2D eigenvalue weighted by molar-refractivity contribution is 0.101. The molecule has 0 aromatic heterocycles. The third kappa shape index (κ3) is 2.57. The second-order valence-electron chi connectivity index (χ2n) is 5.04. The van der Waals surface area contributed by atoms with Crippen molar-refractivity contribution < 1.29 is 9.18 Å². The number of carbonyl (C=O) groups is 1. The van der Waals surface area contributed by atoms with Crippen LogP contribution in [-0.4, -0.2) is 12.8 Å². The molecule has 3 heteroatoms. The zero-order chi connectivity index (χ0) is 14.9. The maximum absolute atomic E-state index is 13.9. The lowest BCUT2D eigenvalue weighted by atomic mass is 10.1. The molecule has 0 aliphatic rings. The molecule has 0 bridgehead atoms. The maximum Gasteiger partial charge on any atom is 0.164 e. The molecule has 2 aromatic carbocycles. The molecule has 0 amide bonds. The Hall–Kier alpha value is -2.16. The van der Waals surface area contributed by atoms with Gasteiger partial charge in [0.1, 0.15) is 5.82 Å². The predicted octanol–water partition coefficient (Wildman–Crippen LogP) is 4.41. The highest BCUT2D eigenvalue weighted by Gasteiger charge is 2.17. The molecule has 0 radical (unpaired) electrons. The summed E-state index contributed by atoms with van der Waals surface area (Å²) in [4.78, 5) is 13.6. The molecule has 2 rings (SSSR count). The van der Waals surface area contributed by atoms with Gasteiger partial charge in [0, 0.05) is 12.7 Å². The van der Waals surface area contributed by atoms with E-state index in [1.807, 2.05) is 37.9 Å². The highest BCUT2D eigenvalue weighted by Crippen LogP contribution is 2.31. The van der Waals surface area contributed by atoms with Gasteiger partial charge < -0.3 is 4.90 Å². The van der Waals surface area contributed by atoms with Crippen LogP contribution in [0.3, 0.4) is 0 Å². The van der Waals surface area contributed by atoms with E-state index in [0.29, 0.717) is 5.69 Å². The lowest BCUT2D eigenvalue weighted by Crippen LogP contribution is -2.15. The van der Waals surface area contributed by atoms with Crippen molar-refractivity contribution in [3.05, 3.63) is 58.9 Å². The third-order valence-electron chi connectivity index (χ3n) is 3.42. The Morgan fingerprint density at radius 2 is 1.80 bits per heavy atom. The van der Waals surface area contributed by atoms with Gasteiger partial charge in [0.15, 0.2) is 5.78 Å². The van der Waals surface area contributed by atoms with E-state index in [2.05, 4.69) is 6.07 Å². The Balaban J connectivity index is 2.56. The molecule has 0 saturated heterocycles. The standard InChI is InChI=1S/C17H18FNO/c1-11-8-9-15(12(2)10-11)19(4)16-7-5-6-14(18)17(16)13(3)20/h5-10H,1-4H3. The molecule has 0 saturated carbocycles. The number of halogens is 1. The minimum absolute atomic E-state index is 0.134. The normalized spacial score (nSPS) is 10.4. The summed E-state index contributed by atoms with van der Waals surface area (Å²) in [6, 6.07) is 10.8. The van der Waals surface area contributed by atoms with Crippen molar-refractivity contribution in [1.82, 2.24) is 0 Å². The van der Waals surface area contributed by atoms with E-state index in [1.165, 1.54) is 18.6 Å². The highest BCUT2D eigenvalue weighted by molar-refractivity contribution is 6.00. The van der Waals surface area contributed by atoms with Crippen molar-refractivity contribution in [3.63, 3.8) is 0 Å². The molecular weight excluding hydrogens is 253 g/mol. The van der Waals surface area contributed by atoms with Crippen LogP contribution in [0.15, 0.2) is 36.4 Å². The van der Waals surface area contributed by atoms with Gasteiger partial charge in [0.2, 0.25) is 0 Å². The molecule has 20 heavy (non-hydrogen) atoms. The Kier molecular flexibility index (Phi) is 3.89. The topological polar surface area (TPSA) is 20.3 Å². The highest BCUT2D eigenvalue weighted by atomic mass is 19.1. The van der Waals surface area contributed by atoms with Gasteiger partial charge in [0.25, 0.3) is 0 Å². The lowest BCUT2D eigenvalue weighted by Gasteiger charge is -2.24. The van der Waals surface area contributed by atoms with Gasteiger partial charge in [-0.05, 0) is 44.5 Å². The average Bonchev–Trinajstić information content (AvgIpc) is 2.37. The quantitative estimate of drug-likeness (QED) is 0.770. The molecule has 2 nitrogen and oxygen atoms in total. The fourth-order valence-corrected chi connectivity index (χ4v) is 2.45. The van der Waals surface area contributed by atoms with E-state index in [1.54, 1.807) is 12.1 Å². The number of benzene rings is 2. The van der Waals surface area contributed by atoms with E-state index in [9.17, 15) is 9.18 Å². The fourth-order valence-electron chi connectivity index (χ4n) is 2.45. The van der Waals surface area contributed by atoms with Crippen LogP contribution in [0.4, 0.5) is 15.8 Å². The van der Waals surface area contributed by atoms with Crippen LogP contribution >= 0.6 is 0 Å². The van der Waals surface area contributed by atoms with Gasteiger partial charge in [-0.1, -0.05) is 23.8 Å². The molecule has 0 spiro atoms. The Morgan fingerprint density at radius 3 is 2.40 bits per heavy atom. The second-order valence-corrected chi connectivity index (χ2v) is 5.04. The van der Waals surface area contributed by atoms with Crippen LogP contribution in [0.5, 0.6) is 0 Å². The van der Waals surface area contributed by atoms with E-state index in [4.69, 9.17) is 0 Å². The molecule has 0 fully saturated rings. The summed E-state index contributed by atoms with van der Waals surface area (Å²) >= 11 is 0. The number of ketones is 1. The Bertz CT molecular complexity index is 664. The van der Waals surface area contributed by atoms with E-state index in [-0.39, 0.29) is 11.3 Å². The molecule has 0 atom stereocenters. The van der Waals surface area contributed by atoms with Crippen LogP contribution in [0.1, 0.15) is 28.4 Å². The first kappa shape index (κ1) is 14.3. The summed E-state index contributed by atoms with van der Waals surface area (Å²) in [5.41, 5.74) is 3.94.